The Morgan fingerprint density at radius 3 is 2.35 bits per heavy atom. The third kappa shape index (κ3) is 3.00. The van der Waals surface area contributed by atoms with E-state index in [4.69, 9.17) is 4.42 Å². The minimum Gasteiger partial charge on any atom is -0.438 e. The van der Waals surface area contributed by atoms with Crippen LogP contribution >= 0.6 is 0 Å². The van der Waals surface area contributed by atoms with Crippen molar-refractivity contribution >= 4 is 21.0 Å². The molecule has 118 valence electrons. The van der Waals surface area contributed by atoms with Crippen molar-refractivity contribution in [1.82, 2.24) is 0 Å². The van der Waals surface area contributed by atoms with Crippen LogP contribution in [0.2, 0.25) is 0 Å². The van der Waals surface area contributed by atoms with Crippen LogP contribution in [0.5, 0.6) is 0 Å². The molecule has 0 spiro atoms. The van der Waals surface area contributed by atoms with Gasteiger partial charge in [-0.25, -0.2) is 8.78 Å². The fourth-order valence-electron chi connectivity index (χ4n) is 2.02. The minimum absolute atomic E-state index is 0.00394. The second-order valence-electron chi connectivity index (χ2n) is 4.93. The zero-order chi connectivity index (χ0) is 16.6. The molecule has 1 heterocycles. The molecule has 0 radical (unpaired) electrons. The van der Waals surface area contributed by atoms with Gasteiger partial charge in [0.1, 0.15) is 5.58 Å². The van der Waals surface area contributed by atoms with Crippen LogP contribution in [-0.2, 0) is 10.0 Å². The van der Waals surface area contributed by atoms with E-state index in [1.54, 1.807) is 12.1 Å². The van der Waals surface area contributed by atoms with Crippen molar-refractivity contribution in [2.24, 2.45) is 4.40 Å². The molecule has 0 saturated carbocycles. The molecule has 4 nitrogen and oxygen atoms in total. The number of sulfonamides is 1. The first-order valence-corrected chi connectivity index (χ1v) is 8.06. The van der Waals surface area contributed by atoms with Crippen molar-refractivity contribution in [1.29, 1.82) is 0 Å². The largest absolute Gasteiger partial charge is 0.438 e. The molecule has 0 aliphatic rings. The normalized spacial score (nSPS) is 12.7. The number of halogens is 2. The Morgan fingerprint density at radius 1 is 0.957 bits per heavy atom. The first kappa shape index (κ1) is 15.4. The number of hydrogen-bond acceptors (Lipinski definition) is 3. The van der Waals surface area contributed by atoms with E-state index in [2.05, 4.69) is 4.40 Å². The molecular weight excluding hydrogens is 324 g/mol. The van der Waals surface area contributed by atoms with E-state index in [-0.39, 0.29) is 21.4 Å². The van der Waals surface area contributed by atoms with Crippen LogP contribution in [-0.4, -0.2) is 8.42 Å². The van der Waals surface area contributed by atoms with Crippen molar-refractivity contribution < 1.29 is 21.6 Å². The monoisotopic (exact) mass is 335 g/mol. The van der Waals surface area contributed by atoms with Gasteiger partial charge in [-0.15, -0.1) is 4.40 Å². The summed E-state index contributed by atoms with van der Waals surface area (Å²) in [4.78, 5) is 0.0173. The maximum Gasteiger partial charge on any atom is 0.285 e. The van der Waals surface area contributed by atoms with Crippen LogP contribution in [0.15, 0.2) is 62.2 Å². The maximum absolute atomic E-state index is 13.6. The SMILES string of the molecule is Cc1ccc(S(=O)(=O)N=c2ccc3c(F)c(F)ccc3o2)cc1. The van der Waals surface area contributed by atoms with E-state index in [1.165, 1.54) is 30.3 Å². The molecule has 0 amide bonds. The molecule has 0 N–H and O–H groups in total. The number of hydrogen-bond donors (Lipinski definition) is 0. The molecule has 3 rings (SSSR count). The second-order valence-corrected chi connectivity index (χ2v) is 6.53. The number of benzene rings is 2. The van der Waals surface area contributed by atoms with Gasteiger partial charge in [-0.3, -0.25) is 0 Å². The topological polar surface area (TPSA) is 59.6 Å². The van der Waals surface area contributed by atoms with E-state index < -0.39 is 21.7 Å². The van der Waals surface area contributed by atoms with Crippen LogP contribution < -0.4 is 5.55 Å². The van der Waals surface area contributed by atoms with Gasteiger partial charge in [0, 0.05) is 6.07 Å². The molecule has 7 heteroatoms. The van der Waals surface area contributed by atoms with Gasteiger partial charge in [0.15, 0.2) is 11.6 Å². The molecule has 0 aliphatic carbocycles. The molecule has 23 heavy (non-hydrogen) atoms. The van der Waals surface area contributed by atoms with Crippen LogP contribution in [0.25, 0.3) is 11.0 Å². The molecule has 3 aromatic rings. The highest BCUT2D eigenvalue weighted by Gasteiger charge is 2.13. The summed E-state index contributed by atoms with van der Waals surface area (Å²) in [5.74, 6) is -2.07. The Bertz CT molecular complexity index is 1050. The zero-order valence-electron chi connectivity index (χ0n) is 12.0. The quantitative estimate of drug-likeness (QED) is 0.722. The maximum atomic E-state index is 13.6. The van der Waals surface area contributed by atoms with Gasteiger partial charge in [0.05, 0.1) is 10.3 Å². The molecule has 0 fully saturated rings. The van der Waals surface area contributed by atoms with E-state index in [0.29, 0.717) is 0 Å². The summed E-state index contributed by atoms with van der Waals surface area (Å²) in [7, 11) is -3.95. The predicted molar refractivity (Wildman–Crippen MR) is 80.1 cm³/mol. The van der Waals surface area contributed by atoms with Crippen LogP contribution in [0.3, 0.4) is 0 Å². The summed E-state index contributed by atoms with van der Waals surface area (Å²) in [5, 5.41) is -0.0864. The number of rotatable bonds is 2. The van der Waals surface area contributed by atoms with Crippen LogP contribution in [0.4, 0.5) is 8.78 Å². The zero-order valence-corrected chi connectivity index (χ0v) is 12.8. The van der Waals surface area contributed by atoms with Gasteiger partial charge < -0.3 is 4.42 Å². The molecule has 1 aromatic heterocycles. The highest BCUT2D eigenvalue weighted by atomic mass is 32.2. The predicted octanol–water partition coefficient (Wildman–Crippen LogP) is 3.31. The fraction of sp³-hybridized carbons (Fsp3) is 0.0625. The lowest BCUT2D eigenvalue weighted by Gasteiger charge is -2.01. The van der Waals surface area contributed by atoms with E-state index in [9.17, 15) is 17.2 Å². The van der Waals surface area contributed by atoms with E-state index in [1.807, 2.05) is 6.92 Å². The van der Waals surface area contributed by atoms with Gasteiger partial charge in [-0.05, 0) is 37.3 Å². The lowest BCUT2D eigenvalue weighted by molar-refractivity contribution is 0.505. The van der Waals surface area contributed by atoms with Crippen molar-refractivity contribution in [3.8, 4) is 0 Å². The van der Waals surface area contributed by atoms with Gasteiger partial charge in [0.25, 0.3) is 10.0 Å². The first-order valence-electron chi connectivity index (χ1n) is 6.62. The average molecular weight is 335 g/mol. The Hall–Kier alpha value is -2.54. The highest BCUT2D eigenvalue weighted by Crippen LogP contribution is 2.19. The Labute approximate surface area is 130 Å². The van der Waals surface area contributed by atoms with Crippen molar-refractivity contribution in [2.45, 2.75) is 11.8 Å². The molecule has 0 aliphatic heterocycles. The van der Waals surface area contributed by atoms with Crippen LogP contribution in [0.1, 0.15) is 5.56 Å². The Kier molecular flexibility index (Phi) is 3.73. The summed E-state index contributed by atoms with van der Waals surface area (Å²) in [5.41, 5.74) is 0.699. The average Bonchev–Trinajstić information content (AvgIpc) is 2.51. The summed E-state index contributed by atoms with van der Waals surface area (Å²) in [6.45, 7) is 1.83. The van der Waals surface area contributed by atoms with Crippen molar-refractivity contribution in [2.75, 3.05) is 0 Å². The Balaban J connectivity index is 2.14. The fourth-order valence-corrected chi connectivity index (χ4v) is 2.95. The smallest absolute Gasteiger partial charge is 0.285 e. The minimum atomic E-state index is -3.95. The van der Waals surface area contributed by atoms with Gasteiger partial charge in [0.2, 0.25) is 5.55 Å². The standard InChI is InChI=1S/C16H11F2NO3S/c1-10-2-4-11(5-3-10)23(20,21)19-15-9-6-12-14(22-15)8-7-13(17)16(12)18/h2-9H,1H3. The van der Waals surface area contributed by atoms with E-state index >= 15 is 0 Å². The third-order valence-electron chi connectivity index (χ3n) is 3.23. The van der Waals surface area contributed by atoms with Crippen molar-refractivity contribution in [3.63, 3.8) is 0 Å². The molecule has 2 aromatic carbocycles. The third-order valence-corrected chi connectivity index (χ3v) is 4.52. The van der Waals surface area contributed by atoms with Crippen LogP contribution in [0, 0.1) is 18.6 Å². The van der Waals surface area contributed by atoms with Crippen molar-refractivity contribution in [3.05, 3.63) is 71.3 Å². The second kappa shape index (κ2) is 5.58. The summed E-state index contributed by atoms with van der Waals surface area (Å²) in [6.07, 6.45) is 0. The Morgan fingerprint density at radius 2 is 1.65 bits per heavy atom. The summed E-state index contributed by atoms with van der Waals surface area (Å²) >= 11 is 0. The van der Waals surface area contributed by atoms with Gasteiger partial charge >= 0.3 is 0 Å². The van der Waals surface area contributed by atoms with Gasteiger partial charge in [-0.1, -0.05) is 17.7 Å². The van der Waals surface area contributed by atoms with E-state index in [0.717, 1.165) is 11.6 Å². The molecule has 0 bridgehead atoms. The lowest BCUT2D eigenvalue weighted by Crippen LogP contribution is -2.07. The number of nitrogens with zero attached hydrogens (tertiary/aromatic N) is 1. The number of aryl methyl sites for hydroxylation is 1. The molecule has 0 atom stereocenters. The highest BCUT2D eigenvalue weighted by molar-refractivity contribution is 7.90. The molecular formula is C16H11F2NO3S. The summed E-state index contributed by atoms with van der Waals surface area (Å²) in [6, 6.07) is 10.7. The molecule has 0 saturated heterocycles. The summed E-state index contributed by atoms with van der Waals surface area (Å²) < 4.78 is 60.0. The first-order chi connectivity index (χ1) is 10.9. The number of fused-ring (bicyclic) bond motifs is 1. The lowest BCUT2D eigenvalue weighted by atomic mass is 10.2. The molecule has 0 unspecified atom stereocenters. The van der Waals surface area contributed by atoms with Gasteiger partial charge in [-0.2, -0.15) is 8.42 Å².